The molecule has 0 unspecified atom stereocenters. The minimum atomic E-state index is -1.44. The van der Waals surface area contributed by atoms with E-state index in [0.717, 1.165) is 6.07 Å². The van der Waals surface area contributed by atoms with Gasteiger partial charge in [0.2, 0.25) is 0 Å². The third-order valence-electron chi connectivity index (χ3n) is 4.44. The van der Waals surface area contributed by atoms with E-state index < -0.39 is 17.4 Å². The van der Waals surface area contributed by atoms with E-state index in [1.54, 1.807) is 9.80 Å². The Morgan fingerprint density at radius 3 is 2.31 bits per heavy atom. The first kappa shape index (κ1) is 20.4. The van der Waals surface area contributed by atoms with Gasteiger partial charge >= 0.3 is 25.0 Å². The number of hydrogen-bond acceptors (Lipinski definition) is 6. The van der Waals surface area contributed by atoms with Crippen LogP contribution in [0.3, 0.4) is 0 Å². The summed E-state index contributed by atoms with van der Waals surface area (Å²) in [5.74, 6) is -2.01. The van der Waals surface area contributed by atoms with E-state index in [-0.39, 0.29) is 47.3 Å². The average Bonchev–Trinajstić information content (AvgIpc) is 2.34. The largest absolute Gasteiger partial charge is 1.00 e. The van der Waals surface area contributed by atoms with Gasteiger partial charge in [-0.3, -0.25) is 0 Å². The van der Waals surface area contributed by atoms with Gasteiger partial charge in [-0.2, -0.15) is 0 Å². The molecule has 1 aromatic carbocycles. The molecule has 136 valence electrons. The molecule has 0 radical (unpaired) electrons. The maximum Gasteiger partial charge on any atom is 1.00 e. The van der Waals surface area contributed by atoms with Gasteiger partial charge in [-0.25, -0.2) is 9.18 Å². The molecule has 0 aliphatic carbocycles. The molecule has 2 aliphatic heterocycles. The maximum absolute atomic E-state index is 14.1. The third-order valence-corrected chi connectivity index (χ3v) is 4.44. The van der Waals surface area contributed by atoms with E-state index in [2.05, 4.69) is 0 Å². The molecule has 1 amide bonds. The van der Waals surface area contributed by atoms with Crippen LogP contribution in [0.2, 0.25) is 0 Å². The van der Waals surface area contributed by atoms with Crippen LogP contribution >= 0.6 is 0 Å². The number of carboxylic acids is 1. The second-order valence-electron chi connectivity index (χ2n) is 7.87. The van der Waals surface area contributed by atoms with Crippen molar-refractivity contribution in [2.75, 3.05) is 36.8 Å². The Balaban J connectivity index is 0.00000243. The predicted molar refractivity (Wildman–Crippen MR) is 87.6 cm³/mol. The first-order valence-corrected chi connectivity index (χ1v) is 8.03. The van der Waals surface area contributed by atoms with Crippen LogP contribution in [0.25, 0.3) is 0 Å². The van der Waals surface area contributed by atoms with Gasteiger partial charge in [-0.15, -0.1) is 0 Å². The van der Waals surface area contributed by atoms with Gasteiger partial charge in [0.15, 0.2) is 0 Å². The minimum Gasteiger partial charge on any atom is -0.545 e. The SMILES string of the molecule is CC(C)(C)OC(=O)N1CC2(C1)CN(c1cc(C(=O)[O-])c(N)cc1F)C2.[Li+]. The number of carboxylic acid groups (broad SMARTS) is 1. The Hall–Kier alpha value is -1.91. The van der Waals surface area contributed by atoms with Crippen molar-refractivity contribution < 1.29 is 42.7 Å². The molecule has 2 fully saturated rings. The van der Waals surface area contributed by atoms with E-state index in [1.165, 1.54) is 6.07 Å². The molecule has 3 rings (SSSR count). The van der Waals surface area contributed by atoms with Crippen molar-refractivity contribution in [3.05, 3.63) is 23.5 Å². The van der Waals surface area contributed by atoms with Gasteiger partial charge in [0, 0.05) is 42.8 Å². The van der Waals surface area contributed by atoms with Crippen molar-refractivity contribution in [2.24, 2.45) is 5.41 Å². The Bertz CT molecular complexity index is 736. The van der Waals surface area contributed by atoms with Crippen LogP contribution in [0.1, 0.15) is 31.1 Å². The molecule has 2 saturated heterocycles. The number of ether oxygens (including phenoxy) is 1. The number of aromatic carboxylic acids is 1. The molecular weight excluding hydrogens is 336 g/mol. The van der Waals surface area contributed by atoms with Crippen molar-refractivity contribution in [3.8, 4) is 0 Å². The van der Waals surface area contributed by atoms with E-state index in [4.69, 9.17) is 10.5 Å². The molecule has 0 bridgehead atoms. The summed E-state index contributed by atoms with van der Waals surface area (Å²) in [5, 5.41) is 11.1. The van der Waals surface area contributed by atoms with Crippen LogP contribution in [0.5, 0.6) is 0 Å². The molecule has 26 heavy (non-hydrogen) atoms. The number of halogens is 1. The molecule has 1 aromatic rings. The number of amides is 1. The number of nitrogens with two attached hydrogens (primary N) is 1. The van der Waals surface area contributed by atoms with Crippen molar-refractivity contribution in [1.82, 2.24) is 4.90 Å². The van der Waals surface area contributed by atoms with Crippen LogP contribution < -0.4 is 34.6 Å². The summed E-state index contributed by atoms with van der Waals surface area (Å²) in [6.45, 7) is 7.60. The zero-order valence-electron chi connectivity index (χ0n) is 15.5. The average molecular weight is 357 g/mol. The van der Waals surface area contributed by atoms with Gasteiger partial charge < -0.3 is 30.2 Å². The van der Waals surface area contributed by atoms with Crippen LogP contribution in [-0.4, -0.2) is 48.7 Å². The Morgan fingerprint density at radius 1 is 1.23 bits per heavy atom. The van der Waals surface area contributed by atoms with Crippen molar-refractivity contribution in [3.63, 3.8) is 0 Å². The molecule has 0 atom stereocenters. The summed E-state index contributed by atoms with van der Waals surface area (Å²) in [6.07, 6.45) is -0.352. The quantitative estimate of drug-likeness (QED) is 0.478. The number of rotatable bonds is 2. The third kappa shape index (κ3) is 3.76. The minimum absolute atomic E-state index is 0. The number of carbonyl (C=O) groups excluding carboxylic acids is 2. The van der Waals surface area contributed by atoms with Crippen LogP contribution in [0, 0.1) is 11.2 Å². The van der Waals surface area contributed by atoms with Gasteiger partial charge in [-0.1, -0.05) is 0 Å². The summed E-state index contributed by atoms with van der Waals surface area (Å²) in [7, 11) is 0. The van der Waals surface area contributed by atoms with Crippen molar-refractivity contribution in [1.29, 1.82) is 0 Å². The second-order valence-corrected chi connectivity index (χ2v) is 7.87. The van der Waals surface area contributed by atoms with Gasteiger partial charge in [0.1, 0.15) is 11.4 Å². The summed E-state index contributed by atoms with van der Waals surface area (Å²) in [5.41, 5.74) is 4.69. The van der Waals surface area contributed by atoms with E-state index in [9.17, 15) is 19.1 Å². The molecule has 7 nitrogen and oxygen atoms in total. The molecule has 9 heteroatoms. The number of hydrogen-bond donors (Lipinski definition) is 1. The maximum atomic E-state index is 14.1. The van der Waals surface area contributed by atoms with Gasteiger partial charge in [0.05, 0.1) is 11.7 Å². The van der Waals surface area contributed by atoms with E-state index in [0.29, 0.717) is 26.2 Å². The fourth-order valence-electron chi connectivity index (χ4n) is 3.35. The fraction of sp³-hybridized carbons (Fsp3) is 0.529. The molecule has 2 aliphatic rings. The summed E-state index contributed by atoms with van der Waals surface area (Å²) < 4.78 is 19.4. The van der Waals surface area contributed by atoms with Crippen LogP contribution in [-0.2, 0) is 4.74 Å². The van der Waals surface area contributed by atoms with Gasteiger partial charge in [0.25, 0.3) is 0 Å². The molecular formula is C17H21FLiN3O4. The standard InChI is InChI=1S/C17H22FN3O4.Li/c1-16(2,3)25-15(24)21-8-17(9-21)6-20(7-17)13-4-10(14(22)23)12(19)5-11(13)18;/h4-5H,6-9,19H2,1-3H3,(H,22,23);/q;+1/p-1. The first-order valence-electron chi connectivity index (χ1n) is 8.03. The van der Waals surface area contributed by atoms with Crippen molar-refractivity contribution in [2.45, 2.75) is 26.4 Å². The first-order chi connectivity index (χ1) is 11.5. The van der Waals surface area contributed by atoms with Gasteiger partial charge in [-0.05, 0) is 32.9 Å². The topological polar surface area (TPSA) is 98.9 Å². The molecule has 1 spiro atoms. The normalized spacial score (nSPS) is 17.8. The number of nitrogen functional groups attached to an aromatic ring is 1. The summed E-state index contributed by atoms with van der Waals surface area (Å²) in [4.78, 5) is 26.4. The van der Waals surface area contributed by atoms with E-state index in [1.807, 2.05) is 20.8 Å². The predicted octanol–water partition coefficient (Wildman–Crippen LogP) is -2.17. The van der Waals surface area contributed by atoms with Crippen LogP contribution in [0.4, 0.5) is 20.6 Å². The number of likely N-dealkylation sites (tertiary alicyclic amines) is 1. The fourth-order valence-corrected chi connectivity index (χ4v) is 3.35. The number of anilines is 2. The van der Waals surface area contributed by atoms with Crippen LogP contribution in [0.15, 0.2) is 12.1 Å². The Morgan fingerprint density at radius 2 is 1.81 bits per heavy atom. The molecule has 2 heterocycles. The molecule has 0 saturated carbocycles. The summed E-state index contributed by atoms with van der Waals surface area (Å²) in [6, 6.07) is 2.20. The molecule has 0 aromatic heterocycles. The Kier molecular flexibility index (Phi) is 5.23. The zero-order valence-corrected chi connectivity index (χ0v) is 15.5. The number of carbonyl (C=O) groups is 2. The van der Waals surface area contributed by atoms with E-state index >= 15 is 0 Å². The van der Waals surface area contributed by atoms with Crippen molar-refractivity contribution >= 4 is 23.4 Å². The molecule has 2 N–H and O–H groups in total. The smallest absolute Gasteiger partial charge is 0.545 e. The number of benzene rings is 1. The summed E-state index contributed by atoms with van der Waals surface area (Å²) >= 11 is 0. The monoisotopic (exact) mass is 357 g/mol. The Labute approximate surface area is 163 Å². The number of nitrogens with zero attached hydrogens (tertiary/aromatic N) is 2. The second kappa shape index (κ2) is 6.67. The zero-order chi connectivity index (χ0) is 18.6.